The average molecular weight is 552 g/mol. The summed E-state index contributed by atoms with van der Waals surface area (Å²) in [7, 11) is 0. The van der Waals surface area contributed by atoms with Crippen LogP contribution in [0.25, 0.3) is 0 Å². The maximum Gasteiger partial charge on any atom is 0.288 e. The minimum Gasteiger partial charge on any atom is -0.404 e. The first-order valence-electron chi connectivity index (χ1n) is 13.5. The Balaban J connectivity index is 1.45. The molecular formula is C32H30FN5O3. The number of carbonyl (C=O) groups is 1. The van der Waals surface area contributed by atoms with Gasteiger partial charge in [-0.05, 0) is 86.2 Å². The zero-order chi connectivity index (χ0) is 28.9. The Kier molecular flexibility index (Phi) is 8.11. The van der Waals surface area contributed by atoms with E-state index in [-0.39, 0.29) is 24.2 Å². The molecule has 4 aromatic rings. The molecule has 0 saturated carbocycles. The zero-order valence-corrected chi connectivity index (χ0v) is 22.9. The fraction of sp³-hybridized carbons (Fsp3) is 0.250. The van der Waals surface area contributed by atoms with Gasteiger partial charge in [0.25, 0.3) is 11.5 Å². The third-order valence-corrected chi connectivity index (χ3v) is 7.46. The van der Waals surface area contributed by atoms with Crippen LogP contribution in [-0.2, 0) is 6.61 Å². The topological polar surface area (TPSA) is 100 Å². The van der Waals surface area contributed by atoms with Gasteiger partial charge in [-0.25, -0.2) is 4.39 Å². The van der Waals surface area contributed by atoms with Crippen LogP contribution in [0.5, 0.6) is 0 Å². The van der Waals surface area contributed by atoms with Crippen molar-refractivity contribution in [3.63, 3.8) is 0 Å². The number of amides is 1. The summed E-state index contributed by atoms with van der Waals surface area (Å²) in [6.07, 6.45) is 4.56. The van der Waals surface area contributed by atoms with Gasteiger partial charge < -0.3 is 15.1 Å². The smallest absolute Gasteiger partial charge is 0.288 e. The lowest BCUT2D eigenvalue weighted by Gasteiger charge is -2.33. The van der Waals surface area contributed by atoms with Crippen LogP contribution in [0.1, 0.15) is 57.1 Å². The Hall–Kier alpha value is -4.97. The predicted molar refractivity (Wildman–Crippen MR) is 153 cm³/mol. The molecule has 0 radical (unpaired) electrons. The van der Waals surface area contributed by atoms with Crippen molar-refractivity contribution < 1.29 is 14.0 Å². The Morgan fingerprint density at radius 2 is 1.88 bits per heavy atom. The summed E-state index contributed by atoms with van der Waals surface area (Å²) in [6.45, 7) is 4.60. The van der Waals surface area contributed by atoms with Gasteiger partial charge in [-0.2, -0.15) is 9.99 Å². The number of benzene rings is 2. The van der Waals surface area contributed by atoms with Crippen LogP contribution in [0, 0.1) is 31.0 Å². The number of nitriles is 1. The number of nitrogens with zero attached hydrogens (tertiary/aromatic N) is 4. The summed E-state index contributed by atoms with van der Waals surface area (Å²) in [4.78, 5) is 39.1. The van der Waals surface area contributed by atoms with Gasteiger partial charge >= 0.3 is 0 Å². The van der Waals surface area contributed by atoms with Crippen molar-refractivity contribution in [1.82, 2.24) is 14.6 Å². The lowest BCUT2D eigenvalue weighted by molar-refractivity contribution is 0.0688. The quantitative estimate of drug-likeness (QED) is 0.336. The third-order valence-electron chi connectivity index (χ3n) is 7.46. The van der Waals surface area contributed by atoms with Crippen molar-refractivity contribution in [2.45, 2.75) is 39.2 Å². The molecule has 0 unspecified atom stereocenters. The molecule has 3 heterocycles. The van der Waals surface area contributed by atoms with Gasteiger partial charge in [-0.3, -0.25) is 14.6 Å². The number of anilines is 2. The van der Waals surface area contributed by atoms with E-state index in [2.05, 4.69) is 16.4 Å². The summed E-state index contributed by atoms with van der Waals surface area (Å²) >= 11 is 0. The van der Waals surface area contributed by atoms with Crippen molar-refractivity contribution in [3.8, 4) is 6.07 Å². The molecule has 1 saturated heterocycles. The van der Waals surface area contributed by atoms with Gasteiger partial charge in [0.1, 0.15) is 5.82 Å². The number of likely N-dealkylation sites (tertiary alicyclic amines) is 1. The van der Waals surface area contributed by atoms with Crippen molar-refractivity contribution in [3.05, 3.63) is 123 Å². The van der Waals surface area contributed by atoms with Crippen LogP contribution in [0.4, 0.5) is 15.8 Å². The van der Waals surface area contributed by atoms with E-state index in [1.54, 1.807) is 60.5 Å². The second kappa shape index (κ2) is 12.0. The number of piperidine rings is 1. The normalized spacial score (nSPS) is 13.5. The molecule has 0 bridgehead atoms. The monoisotopic (exact) mass is 551 g/mol. The van der Waals surface area contributed by atoms with E-state index in [9.17, 15) is 19.2 Å². The highest BCUT2D eigenvalue weighted by atomic mass is 19.1. The number of rotatable bonds is 7. The fourth-order valence-corrected chi connectivity index (χ4v) is 5.08. The molecule has 1 fully saturated rings. The van der Waals surface area contributed by atoms with Crippen molar-refractivity contribution in [2.75, 3.05) is 18.4 Å². The number of hydrogen-bond donors (Lipinski definition) is 1. The van der Waals surface area contributed by atoms with Gasteiger partial charge in [-0.1, -0.05) is 18.2 Å². The maximum absolute atomic E-state index is 14.0. The van der Waals surface area contributed by atoms with Crippen LogP contribution < -0.4 is 15.7 Å². The van der Waals surface area contributed by atoms with Crippen LogP contribution in [-0.4, -0.2) is 33.6 Å². The Morgan fingerprint density at radius 3 is 2.54 bits per heavy atom. The van der Waals surface area contributed by atoms with Crippen LogP contribution in [0.2, 0.25) is 0 Å². The van der Waals surface area contributed by atoms with E-state index in [0.717, 1.165) is 28.7 Å². The molecule has 41 heavy (non-hydrogen) atoms. The fourth-order valence-electron chi connectivity index (χ4n) is 5.08. The standard InChI is InChI=1S/C32H30FN5O3/c1-21-17-23(18-34)6-11-29(21)36-30-22(2)31(39)38(41-20-27-5-3-4-14-35-27)19-28(30)32(40)37-15-12-25(13-16-37)24-7-9-26(33)10-8-24/h3-11,14,17,19,25,36H,12-13,15-16,20H2,1-2H3. The summed E-state index contributed by atoms with van der Waals surface area (Å²) in [5.74, 6) is -0.264. The van der Waals surface area contributed by atoms with Gasteiger partial charge in [0.2, 0.25) is 0 Å². The average Bonchev–Trinajstić information content (AvgIpc) is 3.00. The minimum absolute atomic E-state index is 0.0540. The lowest BCUT2D eigenvalue weighted by Crippen LogP contribution is -2.39. The Labute approximate surface area is 237 Å². The zero-order valence-electron chi connectivity index (χ0n) is 22.9. The number of nitrogens with one attached hydrogen (secondary N) is 1. The number of aryl methyl sites for hydroxylation is 1. The summed E-state index contributed by atoms with van der Waals surface area (Å²) in [6, 6.07) is 19.3. The first-order valence-corrected chi connectivity index (χ1v) is 13.5. The molecule has 2 aromatic carbocycles. The molecule has 0 aliphatic carbocycles. The predicted octanol–water partition coefficient (Wildman–Crippen LogP) is 5.26. The number of carbonyl (C=O) groups excluding carboxylic acids is 1. The van der Waals surface area contributed by atoms with Crippen molar-refractivity contribution in [1.29, 1.82) is 5.26 Å². The first kappa shape index (κ1) is 27.6. The third kappa shape index (κ3) is 6.12. The van der Waals surface area contributed by atoms with Crippen LogP contribution in [0.15, 0.2) is 77.9 Å². The second-order valence-corrected chi connectivity index (χ2v) is 10.2. The molecular weight excluding hydrogens is 521 g/mol. The van der Waals surface area contributed by atoms with Crippen LogP contribution in [0.3, 0.4) is 0 Å². The molecule has 2 aromatic heterocycles. The Morgan fingerprint density at radius 1 is 1.12 bits per heavy atom. The largest absolute Gasteiger partial charge is 0.404 e. The molecule has 9 heteroatoms. The molecule has 1 aliphatic heterocycles. The highest BCUT2D eigenvalue weighted by Crippen LogP contribution is 2.31. The van der Waals surface area contributed by atoms with Gasteiger partial charge in [0.05, 0.1) is 34.8 Å². The molecule has 208 valence electrons. The van der Waals surface area contributed by atoms with Gasteiger partial charge in [0, 0.05) is 30.5 Å². The van der Waals surface area contributed by atoms with E-state index in [4.69, 9.17) is 4.84 Å². The maximum atomic E-state index is 14.0. The number of aromatic nitrogens is 2. The molecule has 5 rings (SSSR count). The molecule has 1 aliphatic rings. The van der Waals surface area contributed by atoms with Gasteiger partial charge in [0.15, 0.2) is 6.61 Å². The summed E-state index contributed by atoms with van der Waals surface area (Å²) < 4.78 is 14.5. The summed E-state index contributed by atoms with van der Waals surface area (Å²) in [5.41, 5.74) is 4.32. The summed E-state index contributed by atoms with van der Waals surface area (Å²) in [5, 5.41) is 12.5. The molecule has 1 amide bonds. The Bertz CT molecular complexity index is 1650. The number of pyridine rings is 2. The van der Waals surface area contributed by atoms with E-state index in [1.807, 2.05) is 13.0 Å². The lowest BCUT2D eigenvalue weighted by atomic mass is 9.89. The highest BCUT2D eigenvalue weighted by molar-refractivity contribution is 6.01. The van der Waals surface area contributed by atoms with E-state index in [0.29, 0.717) is 46.8 Å². The SMILES string of the molecule is Cc1cc(C#N)ccc1Nc1c(C(=O)N2CCC(c3ccc(F)cc3)CC2)cn(OCc2ccccn2)c(=O)c1C. The highest BCUT2D eigenvalue weighted by Gasteiger charge is 2.28. The van der Waals surface area contributed by atoms with Crippen molar-refractivity contribution in [2.24, 2.45) is 0 Å². The second-order valence-electron chi connectivity index (χ2n) is 10.2. The van der Waals surface area contributed by atoms with Gasteiger partial charge in [-0.15, -0.1) is 0 Å². The number of hydrogen-bond acceptors (Lipinski definition) is 6. The molecule has 1 N–H and O–H groups in total. The molecule has 0 spiro atoms. The number of halogens is 1. The van der Waals surface area contributed by atoms with E-state index in [1.165, 1.54) is 18.3 Å². The first-order chi connectivity index (χ1) is 19.8. The van der Waals surface area contributed by atoms with Crippen molar-refractivity contribution >= 4 is 17.3 Å². The van der Waals surface area contributed by atoms with E-state index < -0.39 is 5.56 Å². The molecule has 8 nitrogen and oxygen atoms in total. The molecule has 0 atom stereocenters. The van der Waals surface area contributed by atoms with Crippen LogP contribution >= 0.6 is 0 Å². The minimum atomic E-state index is -0.402. The van der Waals surface area contributed by atoms with E-state index >= 15 is 0 Å².